The van der Waals surface area contributed by atoms with Crippen LogP contribution in [0.5, 0.6) is 5.75 Å². The lowest BCUT2D eigenvalue weighted by Gasteiger charge is -2.08. The Kier molecular flexibility index (Phi) is 4.26. The molecule has 0 saturated heterocycles. The number of aromatic nitrogens is 2. The van der Waals surface area contributed by atoms with Gasteiger partial charge in [-0.25, -0.2) is 9.97 Å². The Morgan fingerprint density at radius 1 is 1.24 bits per heavy atom. The van der Waals surface area contributed by atoms with Crippen molar-refractivity contribution in [1.29, 1.82) is 0 Å². The molecule has 0 amide bonds. The summed E-state index contributed by atoms with van der Waals surface area (Å²) in [5.74, 6) is 1.56. The van der Waals surface area contributed by atoms with Gasteiger partial charge in [-0.3, -0.25) is 0 Å². The van der Waals surface area contributed by atoms with Crippen LogP contribution in [-0.2, 0) is 6.42 Å². The van der Waals surface area contributed by atoms with E-state index < -0.39 is 0 Å². The summed E-state index contributed by atoms with van der Waals surface area (Å²) in [5, 5.41) is 2.82. The first-order valence-electron chi connectivity index (χ1n) is 6.40. The standard InChI is InChI=1S/C16H12ClIN2O/c1-21-12-6-5-10-3-2-4-11(13(10)8-12)7-15-19-9-14(18)16(17)20-15/h2-6,8-9H,7H2,1H3. The molecule has 0 saturated carbocycles. The molecule has 0 N–H and O–H groups in total. The number of methoxy groups -OCH3 is 1. The van der Waals surface area contributed by atoms with Gasteiger partial charge >= 0.3 is 0 Å². The van der Waals surface area contributed by atoms with Crippen molar-refractivity contribution < 1.29 is 4.74 Å². The molecule has 0 radical (unpaired) electrons. The number of nitrogens with zero attached hydrogens (tertiary/aromatic N) is 2. The third kappa shape index (κ3) is 3.11. The first kappa shape index (κ1) is 14.5. The van der Waals surface area contributed by atoms with Gasteiger partial charge in [0, 0.05) is 12.6 Å². The predicted octanol–water partition coefficient (Wildman–Crippen LogP) is 4.49. The molecule has 3 nitrogen and oxygen atoms in total. The number of hydrogen-bond donors (Lipinski definition) is 0. The Balaban J connectivity index is 2.05. The number of halogens is 2. The summed E-state index contributed by atoms with van der Waals surface area (Å²) in [6, 6.07) is 12.3. The molecule has 5 heteroatoms. The summed E-state index contributed by atoms with van der Waals surface area (Å²) >= 11 is 8.19. The largest absolute Gasteiger partial charge is 0.497 e. The zero-order valence-electron chi connectivity index (χ0n) is 11.3. The minimum Gasteiger partial charge on any atom is -0.497 e. The minimum absolute atomic E-state index is 0.499. The summed E-state index contributed by atoms with van der Waals surface area (Å²) in [4.78, 5) is 8.68. The van der Waals surface area contributed by atoms with Crippen LogP contribution in [0.25, 0.3) is 10.8 Å². The molecule has 0 aliphatic heterocycles. The number of benzene rings is 2. The SMILES string of the molecule is COc1ccc2cccc(Cc3ncc(I)c(Cl)n3)c2c1. The molecule has 106 valence electrons. The fraction of sp³-hybridized carbons (Fsp3) is 0.125. The van der Waals surface area contributed by atoms with Gasteiger partial charge in [-0.2, -0.15) is 0 Å². The van der Waals surface area contributed by atoms with Gasteiger partial charge < -0.3 is 4.74 Å². The highest BCUT2D eigenvalue weighted by Crippen LogP contribution is 2.25. The molecule has 0 aliphatic carbocycles. The summed E-state index contributed by atoms with van der Waals surface area (Å²) in [6.07, 6.45) is 2.39. The summed E-state index contributed by atoms with van der Waals surface area (Å²) < 4.78 is 6.17. The Morgan fingerprint density at radius 2 is 2.10 bits per heavy atom. The third-order valence-corrected chi connectivity index (χ3v) is 4.68. The molecular formula is C16H12ClIN2O. The molecule has 21 heavy (non-hydrogen) atoms. The second-order valence-corrected chi connectivity index (χ2v) is 6.13. The predicted molar refractivity (Wildman–Crippen MR) is 93.1 cm³/mol. The third-order valence-electron chi connectivity index (χ3n) is 3.28. The number of fused-ring (bicyclic) bond motifs is 1. The molecule has 0 atom stereocenters. The molecular weight excluding hydrogens is 399 g/mol. The molecule has 3 rings (SSSR count). The van der Waals surface area contributed by atoms with Gasteiger partial charge in [-0.05, 0) is 51.1 Å². The van der Waals surface area contributed by atoms with E-state index in [9.17, 15) is 0 Å². The zero-order valence-corrected chi connectivity index (χ0v) is 14.2. The molecule has 3 aromatic rings. The average molecular weight is 411 g/mol. The molecule has 0 spiro atoms. The lowest BCUT2D eigenvalue weighted by Crippen LogP contribution is -1.98. The molecule has 0 unspecified atom stereocenters. The molecule has 0 fully saturated rings. The van der Waals surface area contributed by atoms with E-state index in [4.69, 9.17) is 16.3 Å². The Morgan fingerprint density at radius 3 is 2.86 bits per heavy atom. The van der Waals surface area contributed by atoms with Crippen LogP contribution in [0.2, 0.25) is 5.15 Å². The molecule has 0 bridgehead atoms. The van der Waals surface area contributed by atoms with Crippen molar-refractivity contribution in [3.8, 4) is 5.75 Å². The van der Waals surface area contributed by atoms with Crippen LogP contribution < -0.4 is 4.74 Å². The topological polar surface area (TPSA) is 35.0 Å². The lowest BCUT2D eigenvalue weighted by molar-refractivity contribution is 0.415. The maximum absolute atomic E-state index is 6.07. The van der Waals surface area contributed by atoms with Crippen molar-refractivity contribution in [3.05, 3.63) is 62.7 Å². The molecule has 1 aromatic heterocycles. The quantitative estimate of drug-likeness (QED) is 0.471. The van der Waals surface area contributed by atoms with Gasteiger partial charge in [0.2, 0.25) is 0 Å². The number of rotatable bonds is 3. The average Bonchev–Trinajstić information content (AvgIpc) is 2.51. The zero-order chi connectivity index (χ0) is 14.8. The van der Waals surface area contributed by atoms with E-state index in [1.54, 1.807) is 13.3 Å². The number of ether oxygens (including phenoxy) is 1. The highest BCUT2D eigenvalue weighted by Gasteiger charge is 2.07. The summed E-state index contributed by atoms with van der Waals surface area (Å²) in [6.45, 7) is 0. The van der Waals surface area contributed by atoms with Gasteiger partial charge in [0.25, 0.3) is 0 Å². The van der Waals surface area contributed by atoms with Gasteiger partial charge in [-0.15, -0.1) is 0 Å². The van der Waals surface area contributed by atoms with Gasteiger partial charge in [0.1, 0.15) is 16.7 Å². The van der Waals surface area contributed by atoms with Crippen molar-refractivity contribution in [2.75, 3.05) is 7.11 Å². The molecule has 0 aliphatic rings. The van der Waals surface area contributed by atoms with E-state index in [0.717, 1.165) is 26.1 Å². The second-order valence-electron chi connectivity index (χ2n) is 4.61. The van der Waals surface area contributed by atoms with Gasteiger partial charge in [-0.1, -0.05) is 35.9 Å². The second kappa shape index (κ2) is 6.15. The van der Waals surface area contributed by atoms with Crippen LogP contribution in [-0.4, -0.2) is 17.1 Å². The summed E-state index contributed by atoms with van der Waals surface area (Å²) in [7, 11) is 1.67. The Bertz CT molecular complexity index is 807. The van der Waals surface area contributed by atoms with E-state index in [0.29, 0.717) is 11.6 Å². The van der Waals surface area contributed by atoms with Gasteiger partial charge in [0.05, 0.1) is 10.7 Å². The lowest BCUT2D eigenvalue weighted by atomic mass is 10.0. The van der Waals surface area contributed by atoms with Crippen LogP contribution in [0.15, 0.2) is 42.6 Å². The van der Waals surface area contributed by atoms with E-state index in [1.165, 1.54) is 5.39 Å². The smallest absolute Gasteiger partial charge is 0.146 e. The van der Waals surface area contributed by atoms with E-state index in [1.807, 2.05) is 18.2 Å². The van der Waals surface area contributed by atoms with E-state index in [-0.39, 0.29) is 0 Å². The van der Waals surface area contributed by atoms with Crippen LogP contribution in [0.4, 0.5) is 0 Å². The van der Waals surface area contributed by atoms with Crippen LogP contribution in [0, 0.1) is 3.57 Å². The van der Waals surface area contributed by atoms with Crippen LogP contribution in [0.1, 0.15) is 11.4 Å². The molecule has 2 aromatic carbocycles. The molecule has 1 heterocycles. The maximum atomic E-state index is 6.07. The Hall–Kier alpha value is -1.40. The monoisotopic (exact) mass is 410 g/mol. The van der Waals surface area contributed by atoms with Gasteiger partial charge in [0.15, 0.2) is 0 Å². The first-order valence-corrected chi connectivity index (χ1v) is 7.85. The highest BCUT2D eigenvalue weighted by molar-refractivity contribution is 14.1. The first-order chi connectivity index (χ1) is 10.2. The fourth-order valence-corrected chi connectivity index (χ4v) is 2.64. The van der Waals surface area contributed by atoms with Crippen molar-refractivity contribution in [2.45, 2.75) is 6.42 Å². The van der Waals surface area contributed by atoms with Crippen molar-refractivity contribution in [3.63, 3.8) is 0 Å². The van der Waals surface area contributed by atoms with Crippen molar-refractivity contribution in [2.24, 2.45) is 0 Å². The summed E-state index contributed by atoms with van der Waals surface area (Å²) in [5.41, 5.74) is 1.16. The van der Waals surface area contributed by atoms with Crippen LogP contribution >= 0.6 is 34.2 Å². The van der Waals surface area contributed by atoms with E-state index >= 15 is 0 Å². The minimum atomic E-state index is 0.499. The van der Waals surface area contributed by atoms with Crippen molar-refractivity contribution >= 4 is 45.0 Å². The normalized spacial score (nSPS) is 10.8. The highest BCUT2D eigenvalue weighted by atomic mass is 127. The fourth-order valence-electron chi connectivity index (χ4n) is 2.23. The van der Waals surface area contributed by atoms with Crippen molar-refractivity contribution in [1.82, 2.24) is 9.97 Å². The Labute approximate surface area is 141 Å². The van der Waals surface area contributed by atoms with E-state index in [2.05, 4.69) is 50.8 Å². The van der Waals surface area contributed by atoms with Crippen LogP contribution in [0.3, 0.4) is 0 Å². The maximum Gasteiger partial charge on any atom is 0.146 e. The number of hydrogen-bond acceptors (Lipinski definition) is 3.